The molecule has 0 saturated heterocycles. The van der Waals surface area contributed by atoms with Gasteiger partial charge in [0.05, 0.1) is 5.69 Å². The molecule has 0 radical (unpaired) electrons. The molecule has 0 fully saturated rings. The third-order valence-corrected chi connectivity index (χ3v) is 2.98. The van der Waals surface area contributed by atoms with E-state index in [-0.39, 0.29) is 16.6 Å². The second kappa shape index (κ2) is 5.31. The van der Waals surface area contributed by atoms with Gasteiger partial charge in [-0.2, -0.15) is 0 Å². The van der Waals surface area contributed by atoms with Gasteiger partial charge in [-0.1, -0.05) is 34.8 Å². The van der Waals surface area contributed by atoms with Crippen LogP contribution in [0.25, 0.3) is 10.9 Å². The van der Waals surface area contributed by atoms with E-state index in [9.17, 15) is 13.6 Å². The van der Waals surface area contributed by atoms with Crippen LogP contribution in [0.4, 0.5) is 14.5 Å². The molecular weight excluding hydrogens is 333 g/mol. The first-order valence-electron chi connectivity index (χ1n) is 5.33. The molecule has 1 N–H and O–H groups in total. The molecule has 2 aromatic rings. The van der Waals surface area contributed by atoms with Crippen molar-refractivity contribution < 1.29 is 13.6 Å². The van der Waals surface area contributed by atoms with Crippen molar-refractivity contribution in [2.75, 3.05) is 5.32 Å². The van der Waals surface area contributed by atoms with Crippen LogP contribution in [-0.4, -0.2) is 14.7 Å². The molecule has 1 amide bonds. The number of carbonyl (C=O) groups excluding carboxylic acids is 1. The molecule has 1 heterocycles. The minimum atomic E-state index is -2.19. The summed E-state index contributed by atoms with van der Waals surface area (Å²) in [7, 11) is 0. The van der Waals surface area contributed by atoms with Crippen LogP contribution in [0.3, 0.4) is 0 Å². The maximum absolute atomic E-state index is 13.7. The number of rotatable bonds is 1. The van der Waals surface area contributed by atoms with Crippen LogP contribution in [0.15, 0.2) is 18.2 Å². The summed E-state index contributed by atoms with van der Waals surface area (Å²) in [6.45, 7) is 1.59. The number of pyridine rings is 1. The Bertz CT molecular complexity index is 701. The maximum Gasteiger partial charge on any atom is 0.276 e. The Morgan fingerprint density at radius 1 is 1.25 bits per heavy atom. The predicted molar refractivity (Wildman–Crippen MR) is 75.3 cm³/mol. The van der Waals surface area contributed by atoms with Crippen LogP contribution in [0.1, 0.15) is 5.69 Å². The third kappa shape index (κ3) is 3.11. The fourth-order valence-electron chi connectivity index (χ4n) is 1.68. The van der Waals surface area contributed by atoms with Gasteiger partial charge >= 0.3 is 0 Å². The highest BCUT2D eigenvalue weighted by Crippen LogP contribution is 2.31. The molecule has 0 spiro atoms. The minimum absolute atomic E-state index is 0.0778. The summed E-state index contributed by atoms with van der Waals surface area (Å²) in [5.74, 6) is -2.57. The van der Waals surface area contributed by atoms with Crippen molar-refractivity contribution in [1.82, 2.24) is 4.98 Å². The number of benzene rings is 1. The van der Waals surface area contributed by atoms with Gasteiger partial charge in [0.1, 0.15) is 11.3 Å². The van der Waals surface area contributed by atoms with Crippen molar-refractivity contribution >= 4 is 57.3 Å². The number of amides is 1. The van der Waals surface area contributed by atoms with Crippen LogP contribution >= 0.6 is 34.8 Å². The fourth-order valence-corrected chi connectivity index (χ4v) is 1.82. The Morgan fingerprint density at radius 2 is 1.90 bits per heavy atom. The molecule has 1 aromatic carbocycles. The van der Waals surface area contributed by atoms with Crippen molar-refractivity contribution in [2.24, 2.45) is 0 Å². The summed E-state index contributed by atoms with van der Waals surface area (Å²) in [5, 5.41) is 2.39. The molecule has 2 rings (SSSR count). The average molecular weight is 340 g/mol. The van der Waals surface area contributed by atoms with Crippen molar-refractivity contribution in [1.29, 1.82) is 0 Å². The number of fused-ring (bicyclic) bond motifs is 1. The van der Waals surface area contributed by atoms with E-state index in [1.807, 2.05) is 0 Å². The minimum Gasteiger partial charge on any atom is -0.322 e. The maximum atomic E-state index is 13.7. The molecule has 0 aliphatic carbocycles. The smallest absolute Gasteiger partial charge is 0.276 e. The number of hydrogen-bond donors (Lipinski definition) is 1. The van der Waals surface area contributed by atoms with E-state index in [0.29, 0.717) is 11.8 Å². The van der Waals surface area contributed by atoms with E-state index in [0.717, 1.165) is 6.07 Å². The summed E-state index contributed by atoms with van der Waals surface area (Å²) in [6.07, 6.45) is 0. The number of nitrogens with zero attached hydrogens (tertiary/aromatic N) is 1. The quantitative estimate of drug-likeness (QED) is 0.794. The first kappa shape index (κ1) is 15.2. The standard InChI is InChI=1S/C12H7Cl3F2N2O/c1-5-2-9(19-11(20)12(13,14)15)7-3-6(16)4-8(17)10(7)18-5/h2-4H,1H3,(H,18,19,20). The lowest BCUT2D eigenvalue weighted by Gasteiger charge is -2.14. The van der Waals surface area contributed by atoms with Crippen molar-refractivity contribution in [3.63, 3.8) is 0 Å². The second-order valence-corrected chi connectivity index (χ2v) is 6.33. The van der Waals surface area contributed by atoms with Gasteiger partial charge in [0.25, 0.3) is 9.70 Å². The van der Waals surface area contributed by atoms with Gasteiger partial charge < -0.3 is 5.32 Å². The monoisotopic (exact) mass is 338 g/mol. The molecule has 8 heteroatoms. The summed E-state index contributed by atoms with van der Waals surface area (Å²) in [6, 6.07) is 3.17. The average Bonchev–Trinajstić information content (AvgIpc) is 2.29. The van der Waals surface area contributed by atoms with E-state index >= 15 is 0 Å². The number of aryl methyl sites for hydroxylation is 1. The Hall–Kier alpha value is -1.17. The lowest BCUT2D eigenvalue weighted by Crippen LogP contribution is -2.27. The van der Waals surface area contributed by atoms with E-state index in [4.69, 9.17) is 34.8 Å². The molecule has 20 heavy (non-hydrogen) atoms. The topological polar surface area (TPSA) is 42.0 Å². The van der Waals surface area contributed by atoms with Crippen LogP contribution in [0, 0.1) is 18.6 Å². The highest BCUT2D eigenvalue weighted by molar-refractivity contribution is 6.76. The van der Waals surface area contributed by atoms with Crippen LogP contribution in [-0.2, 0) is 4.79 Å². The Balaban J connectivity index is 2.61. The molecule has 0 saturated carbocycles. The van der Waals surface area contributed by atoms with E-state index in [1.54, 1.807) is 6.92 Å². The van der Waals surface area contributed by atoms with Gasteiger partial charge in [0, 0.05) is 17.1 Å². The molecular formula is C12H7Cl3F2N2O. The number of anilines is 1. The van der Waals surface area contributed by atoms with Gasteiger partial charge in [-0.05, 0) is 19.1 Å². The Morgan fingerprint density at radius 3 is 2.50 bits per heavy atom. The first-order valence-corrected chi connectivity index (χ1v) is 6.46. The summed E-state index contributed by atoms with van der Waals surface area (Å²) >= 11 is 16.3. The SMILES string of the molecule is Cc1cc(NC(=O)C(Cl)(Cl)Cl)c2cc(F)cc(F)c2n1. The van der Waals surface area contributed by atoms with Gasteiger partial charge in [-0.3, -0.25) is 4.79 Å². The summed E-state index contributed by atoms with van der Waals surface area (Å²) < 4.78 is 24.8. The number of carbonyl (C=O) groups is 1. The molecule has 0 aliphatic heterocycles. The van der Waals surface area contributed by atoms with Crippen molar-refractivity contribution in [3.8, 4) is 0 Å². The highest BCUT2D eigenvalue weighted by Gasteiger charge is 2.31. The van der Waals surface area contributed by atoms with Gasteiger partial charge in [0.2, 0.25) is 0 Å². The molecule has 0 aliphatic rings. The number of aromatic nitrogens is 1. The summed E-state index contributed by atoms with van der Waals surface area (Å²) in [4.78, 5) is 15.6. The number of halogens is 5. The zero-order valence-electron chi connectivity index (χ0n) is 9.98. The lowest BCUT2D eigenvalue weighted by molar-refractivity contribution is -0.115. The molecule has 0 unspecified atom stereocenters. The number of alkyl halides is 3. The van der Waals surface area contributed by atoms with Gasteiger partial charge in [-0.25, -0.2) is 13.8 Å². The molecule has 0 atom stereocenters. The van der Waals surface area contributed by atoms with E-state index in [1.165, 1.54) is 6.07 Å². The van der Waals surface area contributed by atoms with Crippen LogP contribution in [0.2, 0.25) is 0 Å². The zero-order valence-corrected chi connectivity index (χ0v) is 12.2. The van der Waals surface area contributed by atoms with Crippen LogP contribution < -0.4 is 5.32 Å². The third-order valence-electron chi connectivity index (χ3n) is 2.47. The Kier molecular flexibility index (Phi) is 4.04. The van der Waals surface area contributed by atoms with Gasteiger partial charge in [-0.15, -0.1) is 0 Å². The highest BCUT2D eigenvalue weighted by atomic mass is 35.6. The molecule has 1 aromatic heterocycles. The lowest BCUT2D eigenvalue weighted by atomic mass is 10.1. The molecule has 3 nitrogen and oxygen atoms in total. The number of hydrogen-bond acceptors (Lipinski definition) is 2. The zero-order chi connectivity index (χ0) is 15.1. The second-order valence-electron chi connectivity index (χ2n) is 4.05. The molecule has 106 valence electrons. The summed E-state index contributed by atoms with van der Waals surface area (Å²) in [5.41, 5.74) is 0.455. The predicted octanol–water partition coefficient (Wildman–Crippen LogP) is 4.13. The van der Waals surface area contributed by atoms with E-state index in [2.05, 4.69) is 10.3 Å². The van der Waals surface area contributed by atoms with Crippen molar-refractivity contribution in [2.45, 2.75) is 10.7 Å². The fraction of sp³-hybridized carbons (Fsp3) is 0.167. The largest absolute Gasteiger partial charge is 0.322 e. The van der Waals surface area contributed by atoms with Gasteiger partial charge in [0.15, 0.2) is 5.82 Å². The van der Waals surface area contributed by atoms with E-state index < -0.39 is 21.3 Å². The normalized spacial score (nSPS) is 11.7. The Labute approximate surface area is 127 Å². The molecule has 0 bridgehead atoms. The first-order chi connectivity index (χ1) is 9.18. The van der Waals surface area contributed by atoms with Crippen molar-refractivity contribution in [3.05, 3.63) is 35.5 Å². The number of nitrogens with one attached hydrogen (secondary N) is 1. The van der Waals surface area contributed by atoms with Crippen LogP contribution in [0.5, 0.6) is 0 Å².